The fourth-order valence-corrected chi connectivity index (χ4v) is 22.5. The molecule has 0 amide bonds. The largest absolute Gasteiger partial charge is 0.340 e. The highest BCUT2D eigenvalue weighted by Crippen LogP contribution is 2.59. The van der Waals surface area contributed by atoms with Crippen LogP contribution < -0.4 is 0 Å². The van der Waals surface area contributed by atoms with Crippen molar-refractivity contribution in [1.82, 2.24) is 4.57 Å². The van der Waals surface area contributed by atoms with Crippen LogP contribution in [0.25, 0.3) is 94.2 Å². The van der Waals surface area contributed by atoms with Crippen LogP contribution in [0, 0.1) is 41.5 Å². The summed E-state index contributed by atoms with van der Waals surface area (Å²) in [5.74, 6) is 0. The Morgan fingerprint density at radius 1 is 0.305 bits per heavy atom. The van der Waals surface area contributed by atoms with Crippen molar-refractivity contribution in [1.29, 1.82) is 0 Å². The quantitative estimate of drug-likeness (QED) is 0.0431. The molecule has 498 valence electrons. The second-order valence-electron chi connectivity index (χ2n) is 28.3. The Bertz CT molecular complexity index is 4500. The van der Waals surface area contributed by atoms with E-state index in [0.717, 1.165) is 6.54 Å². The molecule has 0 unspecified atom stereocenters. The molecule has 14 rings (SSSR count). The molecule has 95 heavy (non-hydrogen) atoms. The van der Waals surface area contributed by atoms with E-state index in [-0.39, 0.29) is 10.8 Å². The van der Waals surface area contributed by atoms with Gasteiger partial charge in [-0.3, -0.25) is 0 Å². The summed E-state index contributed by atoms with van der Waals surface area (Å²) in [5.41, 5.74) is 21.0. The number of unbranched alkanes of at least 4 members (excludes halogenated alkanes) is 15. The first kappa shape index (κ1) is 69.5. The maximum atomic E-state index is 2.59. The molecule has 0 bridgehead atoms. The van der Waals surface area contributed by atoms with Crippen LogP contribution in [0.5, 0.6) is 0 Å². The lowest BCUT2D eigenvalue weighted by Gasteiger charge is -2.33. The van der Waals surface area contributed by atoms with Crippen LogP contribution in [0.3, 0.4) is 0 Å². The van der Waals surface area contributed by atoms with Gasteiger partial charge in [-0.2, -0.15) is 0 Å². The molecule has 7 heteroatoms. The molecule has 0 fully saturated rings. The number of benzene rings is 5. The van der Waals surface area contributed by atoms with E-state index in [1.54, 1.807) is 27.1 Å². The zero-order chi connectivity index (χ0) is 66.2. The molecule has 7 heterocycles. The summed E-state index contributed by atoms with van der Waals surface area (Å²) in [7, 11) is 0. The van der Waals surface area contributed by atoms with Crippen molar-refractivity contribution in [2.24, 2.45) is 0 Å². The summed E-state index contributed by atoms with van der Waals surface area (Å²) in [5, 5.41) is 2.84. The fraction of sp³-hybridized carbons (Fsp3) is 0.432. The molecule has 0 N–H and O–H groups in total. The Balaban J connectivity index is 0.000000140. The van der Waals surface area contributed by atoms with E-state index in [4.69, 9.17) is 0 Å². The minimum Gasteiger partial charge on any atom is -0.340 e. The Kier molecular flexibility index (Phi) is 23.2. The van der Waals surface area contributed by atoms with E-state index in [1.165, 1.54) is 273 Å². The molecular weight excluding hydrogens is 1260 g/mol. The predicted octanol–water partition coefficient (Wildman–Crippen LogP) is 30.7. The van der Waals surface area contributed by atoms with Gasteiger partial charge < -0.3 is 4.57 Å². The number of aromatic nitrogens is 1. The van der Waals surface area contributed by atoms with Crippen molar-refractivity contribution >= 4 is 109 Å². The number of hydrogen-bond donors (Lipinski definition) is 0. The minimum absolute atomic E-state index is 0.140. The fourth-order valence-electron chi connectivity index (χ4n) is 16.1. The molecule has 7 aromatic heterocycles. The van der Waals surface area contributed by atoms with Gasteiger partial charge in [-0.25, -0.2) is 0 Å². The zero-order valence-corrected chi connectivity index (χ0v) is 64.2. The van der Waals surface area contributed by atoms with Gasteiger partial charge in [0.05, 0.1) is 20.4 Å². The van der Waals surface area contributed by atoms with Crippen LogP contribution in [0.4, 0.5) is 0 Å². The van der Waals surface area contributed by atoms with Crippen LogP contribution in [0.2, 0.25) is 0 Å². The minimum atomic E-state index is 0.140. The van der Waals surface area contributed by atoms with E-state index < -0.39 is 0 Å². The van der Waals surface area contributed by atoms with Crippen molar-refractivity contribution in [2.45, 2.75) is 248 Å². The average Bonchev–Trinajstić information content (AvgIpc) is 1.57. The van der Waals surface area contributed by atoms with Gasteiger partial charge in [0, 0.05) is 76.6 Å². The first-order valence-corrected chi connectivity index (χ1v) is 41.8. The third-order valence-corrected chi connectivity index (χ3v) is 27.6. The normalized spacial score (nSPS) is 13.4. The lowest BCUT2D eigenvalue weighted by atomic mass is 9.70. The maximum absolute atomic E-state index is 2.59. The second kappa shape index (κ2) is 31.6. The van der Waals surface area contributed by atoms with Gasteiger partial charge in [0.2, 0.25) is 0 Å². The van der Waals surface area contributed by atoms with Crippen molar-refractivity contribution in [3.05, 3.63) is 186 Å². The number of fused-ring (bicyclic) bond motifs is 12. The van der Waals surface area contributed by atoms with Gasteiger partial charge in [-0.15, -0.1) is 68.0 Å². The van der Waals surface area contributed by atoms with Crippen LogP contribution >= 0.6 is 68.0 Å². The van der Waals surface area contributed by atoms with E-state index in [0.29, 0.717) is 0 Å². The molecule has 5 aromatic carbocycles. The number of rotatable bonds is 28. The van der Waals surface area contributed by atoms with Gasteiger partial charge in [-0.05, 0) is 202 Å². The zero-order valence-electron chi connectivity index (χ0n) is 59.3. The number of thiophene rings is 6. The monoisotopic (exact) mass is 1370 g/mol. The number of nitrogens with zero attached hydrogens (tertiary/aromatic N) is 1. The third-order valence-electron chi connectivity index (χ3n) is 21.0. The SMILES string of the molecule is CCCCCCC1(CCCCCC)c2cc(-c3ccc(C)s3)ccc2-c2sc(C)cc21.CCCCCCC1(CCCCCC)c2cc(C)ccc2-c2ccc(-c3ccc4c(c3)sc3cc(C)sc34)cc21.CCCCCCn1c2cc(-c3ccc(C)s3)ccc2c2sc(C)cc21. The van der Waals surface area contributed by atoms with E-state index in [1.807, 2.05) is 68.0 Å². The van der Waals surface area contributed by atoms with Crippen molar-refractivity contribution in [2.75, 3.05) is 0 Å². The molecule has 0 spiro atoms. The summed E-state index contributed by atoms with van der Waals surface area (Å²) in [6, 6.07) is 52.6. The molecule has 2 aliphatic rings. The maximum Gasteiger partial charge on any atom is 0.0603 e. The van der Waals surface area contributed by atoms with Crippen LogP contribution in [-0.2, 0) is 17.4 Å². The first-order chi connectivity index (χ1) is 46.3. The number of aryl methyl sites for hydroxylation is 7. The lowest BCUT2D eigenvalue weighted by Crippen LogP contribution is -2.25. The number of hydrogen-bond acceptors (Lipinski definition) is 6. The highest BCUT2D eigenvalue weighted by Gasteiger charge is 2.45. The summed E-state index contributed by atoms with van der Waals surface area (Å²) in [4.78, 5) is 11.4. The third kappa shape index (κ3) is 14.8. The van der Waals surface area contributed by atoms with Crippen LogP contribution in [0.15, 0.2) is 133 Å². The standard InChI is InChI=1S/C37H42S2.C29H38S2.C22H25NS2/c1-5-7-9-11-19-37(20-12-10-8-6-2)32-21-25(3)13-16-29(32)30-17-14-27(23-33(30)37)28-15-18-31-34(24-28)39-35-22-26(4)38-36(31)35;1-5-7-9-11-17-29(18-12-10-8-6-2)25-20-23(27-16-13-21(3)30-27)14-15-24(25)28-26(29)19-22(4)31-28;1-4-5-6-7-12-23-19-14-17(21-11-8-15(2)24-21)9-10-18(19)22-20(23)13-16(3)25-22/h13-18,21-24H,5-12,19-20H2,1-4H3;13-16,19-20H,5-12,17-18H2,1-4H3;8-11,13-14H,4-7,12H2,1-3H3. The molecule has 0 saturated heterocycles. The van der Waals surface area contributed by atoms with Gasteiger partial charge in [-0.1, -0.05) is 229 Å². The molecule has 12 aromatic rings. The lowest BCUT2D eigenvalue weighted by molar-refractivity contribution is 0.401. The molecule has 1 nitrogen and oxygen atoms in total. The van der Waals surface area contributed by atoms with Gasteiger partial charge in [0.25, 0.3) is 0 Å². The summed E-state index contributed by atoms with van der Waals surface area (Å²) in [6.45, 7) is 26.1. The van der Waals surface area contributed by atoms with Crippen LogP contribution in [-0.4, -0.2) is 4.57 Å². The summed E-state index contributed by atoms with van der Waals surface area (Å²) >= 11 is 11.6. The van der Waals surface area contributed by atoms with Crippen LogP contribution in [0.1, 0.15) is 241 Å². The summed E-state index contributed by atoms with van der Waals surface area (Å²) < 4.78 is 8.32. The van der Waals surface area contributed by atoms with Gasteiger partial charge >= 0.3 is 0 Å². The van der Waals surface area contributed by atoms with E-state index in [9.17, 15) is 0 Å². The topological polar surface area (TPSA) is 4.93 Å². The second-order valence-corrected chi connectivity index (χ2v) is 35.7. The van der Waals surface area contributed by atoms with Gasteiger partial charge in [0.1, 0.15) is 0 Å². The van der Waals surface area contributed by atoms with Crippen molar-refractivity contribution in [3.63, 3.8) is 0 Å². The Labute approximate surface area is 595 Å². The van der Waals surface area contributed by atoms with Gasteiger partial charge in [0.15, 0.2) is 0 Å². The van der Waals surface area contributed by atoms with E-state index >= 15 is 0 Å². The van der Waals surface area contributed by atoms with Crippen molar-refractivity contribution in [3.8, 4) is 53.6 Å². The highest BCUT2D eigenvalue weighted by molar-refractivity contribution is 7.32. The average molecular weight is 1370 g/mol. The van der Waals surface area contributed by atoms with Crippen molar-refractivity contribution < 1.29 is 0 Å². The smallest absolute Gasteiger partial charge is 0.0603 e. The first-order valence-electron chi connectivity index (χ1n) is 36.9. The Morgan fingerprint density at radius 3 is 1.39 bits per heavy atom. The molecular formula is C88H105NS6. The molecule has 0 saturated carbocycles. The Morgan fingerprint density at radius 2 is 0.779 bits per heavy atom. The van der Waals surface area contributed by atoms with E-state index in [2.05, 4.69) is 214 Å². The summed E-state index contributed by atoms with van der Waals surface area (Å²) in [6.07, 6.45) is 31.7. The molecule has 0 aliphatic heterocycles. The molecule has 0 radical (unpaired) electrons. The Hall–Kier alpha value is -5.38. The predicted molar refractivity (Wildman–Crippen MR) is 431 cm³/mol. The molecule has 0 atom stereocenters. The molecule has 2 aliphatic carbocycles. The highest BCUT2D eigenvalue weighted by atomic mass is 32.1.